The van der Waals surface area contributed by atoms with Gasteiger partial charge in [0.15, 0.2) is 17.1 Å². The zero-order valence-corrected chi connectivity index (χ0v) is 17.6. The van der Waals surface area contributed by atoms with E-state index in [2.05, 4.69) is 10.1 Å². The highest BCUT2D eigenvalue weighted by Gasteiger charge is 2.32. The maximum atomic E-state index is 13.1. The van der Waals surface area contributed by atoms with Crippen LogP contribution in [0.1, 0.15) is 59.2 Å². The number of carbonyl (C=O) groups is 1. The molecular weight excluding hydrogens is 398 g/mol. The molecule has 2 saturated heterocycles. The Balaban J connectivity index is 1.45. The van der Waals surface area contributed by atoms with Gasteiger partial charge >= 0.3 is 0 Å². The summed E-state index contributed by atoms with van der Waals surface area (Å²) in [7, 11) is 0. The highest BCUT2D eigenvalue weighted by Crippen LogP contribution is 2.32. The van der Waals surface area contributed by atoms with Crippen LogP contribution in [0.25, 0.3) is 5.65 Å². The Labute approximate surface area is 179 Å². The van der Waals surface area contributed by atoms with Crippen LogP contribution >= 0.6 is 0 Å². The van der Waals surface area contributed by atoms with Crippen molar-refractivity contribution in [3.05, 3.63) is 41.0 Å². The molecule has 31 heavy (non-hydrogen) atoms. The van der Waals surface area contributed by atoms with Gasteiger partial charge in [0.05, 0.1) is 11.7 Å². The van der Waals surface area contributed by atoms with Gasteiger partial charge in [0.2, 0.25) is 0 Å². The lowest BCUT2D eigenvalue weighted by molar-refractivity contribution is 0.0594. The third kappa shape index (κ3) is 3.66. The Bertz CT molecular complexity index is 1110. The molecule has 3 N–H and O–H groups in total. The lowest BCUT2D eigenvalue weighted by Crippen LogP contribution is -2.38. The number of fused-ring (bicyclic) bond motifs is 1. The van der Waals surface area contributed by atoms with Crippen LogP contribution in [0.3, 0.4) is 0 Å². The van der Waals surface area contributed by atoms with Gasteiger partial charge in [-0.3, -0.25) is 4.79 Å². The summed E-state index contributed by atoms with van der Waals surface area (Å²) in [6.07, 6.45) is 5.73. The number of nitrogens with zero attached hydrogens (tertiary/aromatic N) is 6. The topological polar surface area (TPSA) is 126 Å². The van der Waals surface area contributed by atoms with E-state index in [9.17, 15) is 9.90 Å². The molecule has 3 aromatic rings. The number of rotatable bonds is 4. The van der Waals surface area contributed by atoms with Crippen LogP contribution in [-0.4, -0.2) is 61.3 Å². The number of amides is 1. The molecule has 5 rings (SSSR count). The van der Waals surface area contributed by atoms with Crippen molar-refractivity contribution in [1.82, 2.24) is 24.7 Å². The molecule has 0 bridgehead atoms. The van der Waals surface area contributed by atoms with Crippen LogP contribution in [0.5, 0.6) is 0 Å². The van der Waals surface area contributed by atoms with Gasteiger partial charge in [-0.25, -0.2) is 9.50 Å². The molecule has 0 saturated carbocycles. The maximum absolute atomic E-state index is 13.1. The predicted molar refractivity (Wildman–Crippen MR) is 113 cm³/mol. The van der Waals surface area contributed by atoms with Crippen molar-refractivity contribution in [2.75, 3.05) is 24.5 Å². The van der Waals surface area contributed by atoms with Gasteiger partial charge in [0, 0.05) is 49.6 Å². The number of likely N-dealkylation sites (tertiary alicyclic amines) is 1. The van der Waals surface area contributed by atoms with Crippen molar-refractivity contribution in [2.45, 2.75) is 51.3 Å². The number of carbonyl (C=O) groups excluding carboxylic acids is 1. The Morgan fingerprint density at radius 3 is 2.90 bits per heavy atom. The minimum atomic E-state index is -0.286. The van der Waals surface area contributed by atoms with E-state index in [0.29, 0.717) is 6.54 Å². The molecule has 0 aromatic carbocycles. The molecule has 0 aliphatic carbocycles. The molecule has 0 unspecified atom stereocenters. The third-order valence-corrected chi connectivity index (χ3v) is 6.19. The average molecular weight is 425 g/mol. The smallest absolute Gasteiger partial charge is 0.276 e. The normalized spacial score (nSPS) is 21.9. The lowest BCUT2D eigenvalue weighted by atomic mass is 9.99. The summed E-state index contributed by atoms with van der Waals surface area (Å²) in [6.45, 7) is 4.09. The molecule has 2 aliphatic rings. The van der Waals surface area contributed by atoms with E-state index < -0.39 is 0 Å². The number of aromatic nitrogens is 4. The van der Waals surface area contributed by atoms with E-state index in [0.717, 1.165) is 61.5 Å². The van der Waals surface area contributed by atoms with E-state index >= 15 is 0 Å². The first-order valence-electron chi connectivity index (χ1n) is 10.8. The molecule has 164 valence electrons. The summed E-state index contributed by atoms with van der Waals surface area (Å²) in [5.41, 5.74) is 8.92. The fraction of sp³-hybridized carbons (Fsp3) is 0.524. The fourth-order valence-corrected chi connectivity index (χ4v) is 4.60. The van der Waals surface area contributed by atoms with Crippen molar-refractivity contribution in [1.29, 1.82) is 0 Å². The van der Waals surface area contributed by atoms with Gasteiger partial charge in [0.25, 0.3) is 5.91 Å². The zero-order valence-electron chi connectivity index (χ0n) is 17.6. The molecule has 2 atom stereocenters. The molecule has 2 aliphatic heterocycles. The van der Waals surface area contributed by atoms with Crippen molar-refractivity contribution in [2.24, 2.45) is 5.73 Å². The highest BCUT2D eigenvalue weighted by atomic mass is 16.5. The van der Waals surface area contributed by atoms with E-state index in [1.807, 2.05) is 19.2 Å². The number of aryl methyl sites for hydroxylation is 1. The average Bonchev–Trinajstić information content (AvgIpc) is 3.51. The van der Waals surface area contributed by atoms with Gasteiger partial charge in [-0.05, 0) is 32.6 Å². The minimum absolute atomic E-state index is 0.152. The van der Waals surface area contributed by atoms with E-state index in [-0.39, 0.29) is 36.1 Å². The standard InChI is InChI=1S/C21H27N7O3/c1-13-10-28-19(23-20(13)26-7-5-14(22)11-26)9-16(24-28)18-4-2-3-6-27(18)21(30)17-8-15(12-29)31-25-17/h8-10,14,18,29H,2-7,11-12,22H2,1H3/t14-,18-/m0/s1. The largest absolute Gasteiger partial charge is 0.388 e. The fourth-order valence-electron chi connectivity index (χ4n) is 4.60. The predicted octanol–water partition coefficient (Wildman–Crippen LogP) is 1.42. The quantitative estimate of drug-likeness (QED) is 0.643. The molecule has 10 nitrogen and oxygen atoms in total. The summed E-state index contributed by atoms with van der Waals surface area (Å²) in [5.74, 6) is 1.02. The van der Waals surface area contributed by atoms with Crippen molar-refractivity contribution in [3.8, 4) is 0 Å². The number of hydrogen-bond acceptors (Lipinski definition) is 8. The number of aliphatic hydroxyl groups is 1. The summed E-state index contributed by atoms with van der Waals surface area (Å²) >= 11 is 0. The first-order valence-corrected chi connectivity index (χ1v) is 10.8. The Hall–Kier alpha value is -2.98. The maximum Gasteiger partial charge on any atom is 0.276 e. The molecule has 5 heterocycles. The van der Waals surface area contributed by atoms with Gasteiger partial charge in [-0.2, -0.15) is 5.10 Å². The second kappa shape index (κ2) is 7.93. The Morgan fingerprint density at radius 2 is 2.16 bits per heavy atom. The van der Waals surface area contributed by atoms with E-state index in [4.69, 9.17) is 20.3 Å². The SMILES string of the molecule is Cc1cn2nc([C@@H]3CCCCN3C(=O)c3cc(CO)on3)cc2nc1N1CC[C@H](N)C1. The Kier molecular flexibility index (Phi) is 5.11. The first-order chi connectivity index (χ1) is 15.0. The Morgan fingerprint density at radius 1 is 1.29 bits per heavy atom. The van der Waals surface area contributed by atoms with Crippen LogP contribution in [0.4, 0.5) is 5.82 Å². The molecule has 10 heteroatoms. The van der Waals surface area contributed by atoms with Crippen LogP contribution in [0.15, 0.2) is 22.9 Å². The summed E-state index contributed by atoms with van der Waals surface area (Å²) in [5, 5.41) is 17.8. The molecule has 0 radical (unpaired) electrons. The highest BCUT2D eigenvalue weighted by molar-refractivity contribution is 5.92. The van der Waals surface area contributed by atoms with Crippen LogP contribution in [-0.2, 0) is 6.61 Å². The first kappa shape index (κ1) is 20.0. The molecule has 0 spiro atoms. The number of aliphatic hydroxyl groups excluding tert-OH is 1. The van der Waals surface area contributed by atoms with Gasteiger partial charge in [-0.1, -0.05) is 5.16 Å². The molecule has 3 aromatic heterocycles. The third-order valence-electron chi connectivity index (χ3n) is 6.19. The van der Waals surface area contributed by atoms with Crippen molar-refractivity contribution in [3.63, 3.8) is 0 Å². The monoisotopic (exact) mass is 425 g/mol. The lowest BCUT2D eigenvalue weighted by Gasteiger charge is -2.34. The van der Waals surface area contributed by atoms with Crippen molar-refractivity contribution < 1.29 is 14.4 Å². The van der Waals surface area contributed by atoms with Gasteiger partial charge in [0.1, 0.15) is 12.4 Å². The second-order valence-corrected chi connectivity index (χ2v) is 8.46. The molecular formula is C21H27N7O3. The van der Waals surface area contributed by atoms with Crippen LogP contribution in [0.2, 0.25) is 0 Å². The summed E-state index contributed by atoms with van der Waals surface area (Å²) in [6, 6.07) is 3.50. The number of piperidine rings is 1. The van der Waals surface area contributed by atoms with E-state index in [1.54, 1.807) is 9.42 Å². The molecule has 1 amide bonds. The van der Waals surface area contributed by atoms with Crippen molar-refractivity contribution >= 4 is 17.4 Å². The number of hydrogen-bond donors (Lipinski definition) is 2. The van der Waals surface area contributed by atoms with Gasteiger partial charge < -0.3 is 25.2 Å². The second-order valence-electron chi connectivity index (χ2n) is 8.46. The minimum Gasteiger partial charge on any atom is -0.388 e. The zero-order chi connectivity index (χ0) is 21.5. The summed E-state index contributed by atoms with van der Waals surface area (Å²) in [4.78, 5) is 22.0. The van der Waals surface area contributed by atoms with Gasteiger partial charge in [-0.15, -0.1) is 0 Å². The van der Waals surface area contributed by atoms with Crippen LogP contribution < -0.4 is 10.6 Å². The van der Waals surface area contributed by atoms with Crippen LogP contribution in [0, 0.1) is 6.92 Å². The van der Waals surface area contributed by atoms with E-state index in [1.165, 1.54) is 6.07 Å². The number of nitrogens with two attached hydrogens (primary N) is 1. The molecule has 2 fully saturated rings. The number of anilines is 1. The summed E-state index contributed by atoms with van der Waals surface area (Å²) < 4.78 is 6.80.